The molecule has 5 heteroatoms. The van der Waals surface area contributed by atoms with Crippen molar-refractivity contribution in [1.29, 1.82) is 0 Å². The average molecular weight is 225 g/mol. The maximum Gasteiger partial charge on any atom is 2.00 e. The summed E-state index contributed by atoms with van der Waals surface area (Å²) in [7, 11) is 0. The molecular formula is C4H6O4Pd. The Hall–Kier alpha value is -0.578. The molecule has 0 aliphatic rings. The Bertz CT molecular complexity index is 66.6. The van der Waals surface area contributed by atoms with Crippen LogP contribution in [0.2, 0.25) is 0 Å². The molecule has 4 nitrogen and oxygen atoms in total. The summed E-state index contributed by atoms with van der Waals surface area (Å²) in [6.07, 6.45) is 0.500. The smallest absolute Gasteiger partial charge is 0.358 e. The normalized spacial score (nSPS) is 1.78. The predicted molar refractivity (Wildman–Crippen MR) is 22.8 cm³/mol. The molecule has 0 unspecified atom stereocenters. The van der Waals surface area contributed by atoms with Crippen LogP contribution in [0.3, 0.4) is 0 Å². The van der Waals surface area contributed by atoms with Crippen molar-refractivity contribution in [2.45, 2.75) is 0 Å². The Morgan fingerprint density at radius 2 is 0.667 bits per heavy atom. The summed E-state index contributed by atoms with van der Waals surface area (Å²) in [6.45, 7) is 0. The number of rotatable bonds is 0. The molecule has 0 radical (unpaired) electrons. The van der Waals surface area contributed by atoms with Gasteiger partial charge in [-0.05, 0) is 0 Å². The van der Waals surface area contributed by atoms with Crippen LogP contribution < -0.4 is 0 Å². The van der Waals surface area contributed by atoms with Crippen molar-refractivity contribution < 1.29 is 39.6 Å². The molecule has 0 aromatic heterocycles. The first-order valence-corrected chi connectivity index (χ1v) is 0.816. The summed E-state index contributed by atoms with van der Waals surface area (Å²) >= 11 is 0. The summed E-state index contributed by atoms with van der Waals surface area (Å²) in [5, 5.41) is 0. The molecule has 0 bridgehead atoms. The van der Waals surface area contributed by atoms with Gasteiger partial charge < -0.3 is 14.9 Å². The van der Waals surface area contributed by atoms with Crippen LogP contribution in [-0.2, 0) is 39.6 Å². The van der Waals surface area contributed by atoms with Gasteiger partial charge in [-0.2, -0.15) is 19.2 Å². The Morgan fingerprint density at radius 1 is 0.667 bits per heavy atom. The fourth-order valence-corrected chi connectivity index (χ4v) is 0. The first kappa shape index (κ1) is 39.6. The van der Waals surface area contributed by atoms with Gasteiger partial charge >= 0.3 is 32.7 Å². The predicted octanol–water partition coefficient (Wildman–Crippen LogP) is -0.269. The van der Waals surface area contributed by atoms with Crippen molar-refractivity contribution in [3.8, 4) is 0 Å². The molecule has 0 fully saturated rings. The van der Waals surface area contributed by atoms with E-state index in [2.05, 4.69) is 0 Å². The molecule has 9 heavy (non-hydrogen) atoms. The van der Waals surface area contributed by atoms with E-state index in [0.29, 0.717) is 0 Å². The minimum Gasteiger partial charge on any atom is -0.358 e. The van der Waals surface area contributed by atoms with Crippen LogP contribution in [0, 0.1) is 14.9 Å². The third-order valence-electron chi connectivity index (χ3n) is 0. The summed E-state index contributed by atoms with van der Waals surface area (Å²) in [4.78, 5) is 32.5. The molecule has 0 atom stereocenters. The van der Waals surface area contributed by atoms with Crippen molar-refractivity contribution in [1.82, 2.24) is 0 Å². The van der Waals surface area contributed by atoms with Gasteiger partial charge in [-0.25, -0.2) is 0 Å². The third kappa shape index (κ3) is 654. The van der Waals surface area contributed by atoms with E-state index in [1.165, 1.54) is 0 Å². The molecular weight excluding hydrogens is 218 g/mol. The summed E-state index contributed by atoms with van der Waals surface area (Å²) < 4.78 is 0. The van der Waals surface area contributed by atoms with Gasteiger partial charge in [-0.3, -0.25) is 0 Å². The molecule has 0 aromatic rings. The molecule has 0 spiro atoms. The quantitative estimate of drug-likeness (QED) is 0.420. The minimum absolute atomic E-state index is 0. The molecule has 0 saturated carbocycles. The largest absolute Gasteiger partial charge is 2.00 e. The first-order valence-electron chi connectivity index (χ1n) is 0.816. The van der Waals surface area contributed by atoms with Gasteiger partial charge in [0.25, 0.3) is 0 Å². The van der Waals surface area contributed by atoms with Crippen LogP contribution in [0.25, 0.3) is 0 Å². The molecule has 0 amide bonds. The van der Waals surface area contributed by atoms with Crippen LogP contribution in [0.5, 0.6) is 0 Å². The zero-order chi connectivity index (χ0) is 5.41. The van der Waals surface area contributed by atoms with Gasteiger partial charge in [0.1, 0.15) is 0 Å². The molecule has 0 saturated heterocycles. The second-order valence-electron chi connectivity index (χ2n) is 0.167. The van der Waals surface area contributed by atoms with Crippen molar-refractivity contribution in [2.75, 3.05) is 0 Å². The van der Waals surface area contributed by atoms with E-state index in [1.54, 1.807) is 0 Å². The number of hydrogen-bond donors (Lipinski definition) is 0. The maximum absolute atomic E-state index is 8.12. The Balaban J connectivity index is -0.00000000889. The van der Waals surface area contributed by atoms with E-state index in [1.807, 2.05) is 0 Å². The van der Waals surface area contributed by atoms with Gasteiger partial charge in [0.05, 0.1) is 0 Å². The molecule has 0 N–H and O–H groups in total. The SMILES string of the molecule is O=C=O.O=C=O.[CH3-].[CH3-].[Pd+2]. The molecule has 0 heterocycles. The molecule has 0 aromatic carbocycles. The maximum atomic E-state index is 8.12. The van der Waals surface area contributed by atoms with E-state index < -0.39 is 0 Å². The van der Waals surface area contributed by atoms with Crippen molar-refractivity contribution >= 4 is 12.3 Å². The van der Waals surface area contributed by atoms with E-state index in [0.717, 1.165) is 0 Å². The second-order valence-corrected chi connectivity index (χ2v) is 0.167. The van der Waals surface area contributed by atoms with Gasteiger partial charge in [0.15, 0.2) is 0 Å². The van der Waals surface area contributed by atoms with Crippen LogP contribution in [-0.4, -0.2) is 12.3 Å². The summed E-state index contributed by atoms with van der Waals surface area (Å²) in [5.74, 6) is 0. The van der Waals surface area contributed by atoms with E-state index >= 15 is 0 Å². The summed E-state index contributed by atoms with van der Waals surface area (Å²) in [6, 6.07) is 0. The number of hydrogen-bond acceptors (Lipinski definition) is 4. The van der Waals surface area contributed by atoms with E-state index in [4.69, 9.17) is 19.2 Å². The summed E-state index contributed by atoms with van der Waals surface area (Å²) in [5.41, 5.74) is 0. The van der Waals surface area contributed by atoms with Gasteiger partial charge in [0.2, 0.25) is 0 Å². The zero-order valence-corrected chi connectivity index (χ0v) is 6.50. The van der Waals surface area contributed by atoms with E-state index in [-0.39, 0.29) is 47.6 Å². The van der Waals surface area contributed by atoms with Crippen molar-refractivity contribution in [3.05, 3.63) is 14.9 Å². The Morgan fingerprint density at radius 3 is 0.667 bits per heavy atom. The van der Waals surface area contributed by atoms with Crippen LogP contribution in [0.1, 0.15) is 0 Å². The van der Waals surface area contributed by atoms with Gasteiger partial charge in [-0.15, -0.1) is 0 Å². The van der Waals surface area contributed by atoms with Crippen LogP contribution >= 0.6 is 0 Å². The molecule has 0 aliphatic carbocycles. The van der Waals surface area contributed by atoms with Gasteiger partial charge in [-0.1, -0.05) is 0 Å². The van der Waals surface area contributed by atoms with E-state index in [9.17, 15) is 0 Å². The zero-order valence-electron chi connectivity index (χ0n) is 4.95. The fourth-order valence-electron chi connectivity index (χ4n) is 0. The minimum atomic E-state index is 0. The van der Waals surface area contributed by atoms with Crippen LogP contribution in [0.4, 0.5) is 0 Å². The van der Waals surface area contributed by atoms with Crippen LogP contribution in [0.15, 0.2) is 0 Å². The molecule has 56 valence electrons. The Labute approximate surface area is 67.3 Å². The molecule has 0 rings (SSSR count). The number of carbonyl (C=O) groups excluding carboxylic acids is 4. The topological polar surface area (TPSA) is 68.3 Å². The van der Waals surface area contributed by atoms with Gasteiger partial charge in [0, 0.05) is 0 Å². The van der Waals surface area contributed by atoms with Crippen molar-refractivity contribution in [2.24, 2.45) is 0 Å². The molecule has 0 aliphatic heterocycles. The Kier molecular flexibility index (Phi) is 666. The monoisotopic (exact) mass is 224 g/mol. The third-order valence-corrected chi connectivity index (χ3v) is 0. The standard InChI is InChI=1S/2CO2.2CH3.Pd/c2*2-1-3;;;/h;;2*1H3;/q;;2*-1;+2. The fraction of sp³-hybridized carbons (Fsp3) is 0. The first-order chi connectivity index (χ1) is 2.83. The average Bonchev–Trinajstić information content (AvgIpc) is 1.39. The van der Waals surface area contributed by atoms with Crippen molar-refractivity contribution in [3.63, 3.8) is 0 Å². The second kappa shape index (κ2) is 151.